The summed E-state index contributed by atoms with van der Waals surface area (Å²) in [6.45, 7) is -0.117. The van der Waals surface area contributed by atoms with Gasteiger partial charge in [0.2, 0.25) is 5.91 Å². The van der Waals surface area contributed by atoms with Crippen LogP contribution in [0.3, 0.4) is 0 Å². The van der Waals surface area contributed by atoms with Crippen molar-refractivity contribution in [3.63, 3.8) is 0 Å². The van der Waals surface area contributed by atoms with Crippen molar-refractivity contribution in [1.82, 2.24) is 4.90 Å². The van der Waals surface area contributed by atoms with Crippen molar-refractivity contribution >= 4 is 11.9 Å². The van der Waals surface area contributed by atoms with Crippen molar-refractivity contribution in [2.45, 2.75) is 44.6 Å². The highest BCUT2D eigenvalue weighted by atomic mass is 16.4. The molecule has 4 heteroatoms. The highest BCUT2D eigenvalue weighted by Crippen LogP contribution is 2.34. The van der Waals surface area contributed by atoms with Gasteiger partial charge in [-0.1, -0.05) is 12.8 Å². The van der Waals surface area contributed by atoms with Crippen LogP contribution in [0.1, 0.15) is 38.5 Å². The van der Waals surface area contributed by atoms with E-state index in [9.17, 15) is 9.59 Å². The molecule has 0 aliphatic heterocycles. The molecule has 0 unspecified atom stereocenters. The fourth-order valence-electron chi connectivity index (χ4n) is 1.83. The van der Waals surface area contributed by atoms with Gasteiger partial charge in [-0.25, -0.2) is 0 Å². The van der Waals surface area contributed by atoms with E-state index < -0.39 is 5.97 Å². The monoisotopic (exact) mass is 211 g/mol. The lowest BCUT2D eigenvalue weighted by Crippen LogP contribution is -2.37. The molecule has 0 aromatic heterocycles. The SMILES string of the molecule is O=C(O)CN(C(=O)CCC1CC1)C1CC1. The maximum atomic E-state index is 11.8. The Balaban J connectivity index is 1.79. The summed E-state index contributed by atoms with van der Waals surface area (Å²) in [6.07, 6.45) is 5.92. The normalized spacial score (nSPS) is 20.0. The first-order valence-corrected chi connectivity index (χ1v) is 5.68. The number of carbonyl (C=O) groups excluding carboxylic acids is 1. The van der Waals surface area contributed by atoms with Gasteiger partial charge in [0.25, 0.3) is 0 Å². The minimum atomic E-state index is -0.901. The molecule has 4 nitrogen and oxygen atoms in total. The first kappa shape index (κ1) is 10.5. The highest BCUT2D eigenvalue weighted by Gasteiger charge is 2.34. The molecule has 0 heterocycles. The number of rotatable bonds is 6. The molecule has 2 aliphatic carbocycles. The predicted octanol–water partition coefficient (Wildman–Crippen LogP) is 1.25. The van der Waals surface area contributed by atoms with E-state index in [1.807, 2.05) is 0 Å². The van der Waals surface area contributed by atoms with Gasteiger partial charge in [0.1, 0.15) is 6.54 Å². The summed E-state index contributed by atoms with van der Waals surface area (Å²) in [5.74, 6) is -0.131. The smallest absolute Gasteiger partial charge is 0.323 e. The third-order valence-corrected chi connectivity index (χ3v) is 3.08. The molecule has 1 N–H and O–H groups in total. The predicted molar refractivity (Wildman–Crippen MR) is 54.3 cm³/mol. The van der Waals surface area contributed by atoms with E-state index in [0.717, 1.165) is 25.2 Å². The van der Waals surface area contributed by atoms with Gasteiger partial charge in [-0.05, 0) is 25.2 Å². The average molecular weight is 211 g/mol. The standard InChI is InChI=1S/C11H17NO3/c13-10(6-3-8-1-2-8)12(7-11(14)15)9-4-5-9/h8-9H,1-7H2,(H,14,15). The van der Waals surface area contributed by atoms with E-state index in [1.54, 1.807) is 4.90 Å². The lowest BCUT2D eigenvalue weighted by molar-refractivity contribution is -0.145. The average Bonchev–Trinajstić information content (AvgIpc) is 3.02. The second kappa shape index (κ2) is 4.21. The topological polar surface area (TPSA) is 57.6 Å². The molecule has 0 radical (unpaired) electrons. The van der Waals surface area contributed by atoms with Crippen molar-refractivity contribution in [3.05, 3.63) is 0 Å². The number of carboxylic acids is 1. The molecule has 0 spiro atoms. The van der Waals surface area contributed by atoms with Gasteiger partial charge in [0.15, 0.2) is 0 Å². The Labute approximate surface area is 89.3 Å². The van der Waals surface area contributed by atoms with Crippen LogP contribution in [0.15, 0.2) is 0 Å². The number of aliphatic carboxylic acids is 1. The van der Waals surface area contributed by atoms with Crippen LogP contribution in [0.25, 0.3) is 0 Å². The molecule has 2 saturated carbocycles. The molecule has 15 heavy (non-hydrogen) atoms. The molecule has 0 bridgehead atoms. The van der Waals surface area contributed by atoms with Crippen molar-refractivity contribution in [3.8, 4) is 0 Å². The summed E-state index contributed by atoms with van der Waals surface area (Å²) in [5, 5.41) is 8.71. The fraction of sp³-hybridized carbons (Fsp3) is 0.818. The Hall–Kier alpha value is -1.06. The largest absolute Gasteiger partial charge is 0.480 e. The quantitative estimate of drug-likeness (QED) is 0.719. The minimum Gasteiger partial charge on any atom is -0.480 e. The van der Waals surface area contributed by atoms with Gasteiger partial charge >= 0.3 is 5.97 Å². The van der Waals surface area contributed by atoms with Crippen LogP contribution in [-0.4, -0.2) is 34.5 Å². The van der Waals surface area contributed by atoms with E-state index in [1.165, 1.54) is 12.8 Å². The number of hydrogen-bond acceptors (Lipinski definition) is 2. The zero-order chi connectivity index (χ0) is 10.8. The van der Waals surface area contributed by atoms with Crippen molar-refractivity contribution in [2.24, 2.45) is 5.92 Å². The zero-order valence-electron chi connectivity index (χ0n) is 8.82. The van der Waals surface area contributed by atoms with E-state index in [4.69, 9.17) is 5.11 Å². The van der Waals surface area contributed by atoms with E-state index in [0.29, 0.717) is 6.42 Å². The molecule has 2 fully saturated rings. The molecular weight excluding hydrogens is 194 g/mol. The Bertz CT molecular complexity index is 269. The second-order valence-electron chi connectivity index (χ2n) is 4.63. The van der Waals surface area contributed by atoms with Gasteiger partial charge in [-0.15, -0.1) is 0 Å². The molecule has 1 amide bonds. The first-order valence-electron chi connectivity index (χ1n) is 5.68. The number of hydrogen-bond donors (Lipinski definition) is 1. The number of carbonyl (C=O) groups is 2. The van der Waals surface area contributed by atoms with Crippen LogP contribution in [0.2, 0.25) is 0 Å². The Morgan fingerprint density at radius 1 is 1.20 bits per heavy atom. The van der Waals surface area contributed by atoms with Crippen LogP contribution >= 0.6 is 0 Å². The number of carboxylic acid groups (broad SMARTS) is 1. The molecule has 2 rings (SSSR count). The highest BCUT2D eigenvalue weighted by molar-refractivity contribution is 5.81. The summed E-state index contributed by atoms with van der Waals surface area (Å²) in [5.41, 5.74) is 0. The van der Waals surface area contributed by atoms with Gasteiger partial charge < -0.3 is 10.0 Å². The lowest BCUT2D eigenvalue weighted by atomic mass is 10.2. The lowest BCUT2D eigenvalue weighted by Gasteiger charge is -2.20. The van der Waals surface area contributed by atoms with Crippen LogP contribution in [0, 0.1) is 5.92 Å². The summed E-state index contributed by atoms with van der Waals surface area (Å²) < 4.78 is 0. The van der Waals surface area contributed by atoms with Crippen LogP contribution in [-0.2, 0) is 9.59 Å². The van der Waals surface area contributed by atoms with Gasteiger partial charge in [-0.2, -0.15) is 0 Å². The second-order valence-corrected chi connectivity index (χ2v) is 4.63. The van der Waals surface area contributed by atoms with Crippen molar-refractivity contribution in [1.29, 1.82) is 0 Å². The molecule has 0 aromatic rings. The third kappa shape index (κ3) is 3.22. The van der Waals surface area contributed by atoms with Gasteiger partial charge in [0, 0.05) is 12.5 Å². The third-order valence-electron chi connectivity index (χ3n) is 3.08. The summed E-state index contributed by atoms with van der Waals surface area (Å²) in [7, 11) is 0. The Morgan fingerprint density at radius 2 is 1.87 bits per heavy atom. The van der Waals surface area contributed by atoms with Gasteiger partial charge in [0.05, 0.1) is 0 Å². The van der Waals surface area contributed by atoms with Crippen LogP contribution in [0.5, 0.6) is 0 Å². The number of amides is 1. The fourth-order valence-corrected chi connectivity index (χ4v) is 1.83. The molecule has 0 aromatic carbocycles. The number of nitrogens with zero attached hydrogens (tertiary/aromatic N) is 1. The van der Waals surface area contributed by atoms with Crippen molar-refractivity contribution < 1.29 is 14.7 Å². The summed E-state index contributed by atoms with van der Waals surface area (Å²) in [4.78, 5) is 23.9. The minimum absolute atomic E-state index is 0.0341. The zero-order valence-corrected chi connectivity index (χ0v) is 8.82. The first-order chi connectivity index (χ1) is 7.16. The van der Waals surface area contributed by atoms with E-state index in [2.05, 4.69) is 0 Å². The summed E-state index contributed by atoms with van der Waals surface area (Å²) in [6, 6.07) is 0.216. The van der Waals surface area contributed by atoms with Crippen LogP contribution in [0.4, 0.5) is 0 Å². The van der Waals surface area contributed by atoms with Crippen LogP contribution < -0.4 is 0 Å². The Morgan fingerprint density at radius 3 is 2.33 bits per heavy atom. The molecule has 2 aliphatic rings. The molecule has 0 atom stereocenters. The van der Waals surface area contributed by atoms with Gasteiger partial charge in [-0.3, -0.25) is 9.59 Å². The van der Waals surface area contributed by atoms with Crippen molar-refractivity contribution in [2.75, 3.05) is 6.54 Å². The van der Waals surface area contributed by atoms with E-state index in [-0.39, 0.29) is 18.5 Å². The summed E-state index contributed by atoms with van der Waals surface area (Å²) >= 11 is 0. The molecular formula is C11H17NO3. The molecule has 0 saturated heterocycles. The maximum Gasteiger partial charge on any atom is 0.323 e. The maximum absolute atomic E-state index is 11.8. The van der Waals surface area contributed by atoms with E-state index >= 15 is 0 Å². The Kier molecular flexibility index (Phi) is 2.93. The molecule has 84 valence electrons.